The average molecular weight is 407 g/mol. The first-order valence-corrected chi connectivity index (χ1v) is 10.2. The largest absolute Gasteiger partial charge is 0.337 e. The van der Waals surface area contributed by atoms with E-state index in [2.05, 4.69) is 47.4 Å². The highest BCUT2D eigenvalue weighted by Crippen LogP contribution is 2.40. The van der Waals surface area contributed by atoms with Gasteiger partial charge in [0.2, 0.25) is 0 Å². The van der Waals surface area contributed by atoms with Crippen molar-refractivity contribution in [2.24, 2.45) is 0 Å². The molecule has 5 rings (SSSR count). The summed E-state index contributed by atoms with van der Waals surface area (Å²) in [5.41, 5.74) is 7.17. The summed E-state index contributed by atoms with van der Waals surface area (Å²) in [6, 6.07) is 36.7. The molecule has 0 aliphatic heterocycles. The van der Waals surface area contributed by atoms with E-state index in [1.165, 1.54) is 0 Å². The van der Waals surface area contributed by atoms with Crippen LogP contribution < -0.4 is 0 Å². The van der Waals surface area contributed by atoms with Crippen molar-refractivity contribution in [2.45, 2.75) is 0 Å². The van der Waals surface area contributed by atoms with E-state index in [4.69, 9.17) is 16.6 Å². The van der Waals surface area contributed by atoms with Crippen LogP contribution in [-0.2, 0) is 0 Å². The number of nitrogens with one attached hydrogen (secondary N) is 1. The van der Waals surface area contributed by atoms with Crippen LogP contribution in [0.3, 0.4) is 0 Å². The summed E-state index contributed by atoms with van der Waals surface area (Å²) in [6.45, 7) is 0. The highest BCUT2D eigenvalue weighted by molar-refractivity contribution is 6.33. The van der Waals surface area contributed by atoms with Gasteiger partial charge in [-0.2, -0.15) is 0 Å². The van der Waals surface area contributed by atoms with E-state index < -0.39 is 0 Å². The van der Waals surface area contributed by atoms with Gasteiger partial charge in [-0.3, -0.25) is 0 Å². The van der Waals surface area contributed by atoms with Crippen molar-refractivity contribution >= 4 is 11.6 Å². The molecule has 0 bridgehead atoms. The number of aromatic amines is 1. The summed E-state index contributed by atoms with van der Waals surface area (Å²) >= 11 is 6.55. The van der Waals surface area contributed by atoms with Gasteiger partial charge in [0.1, 0.15) is 5.82 Å². The molecule has 1 aromatic heterocycles. The Balaban J connectivity index is 1.76. The first kappa shape index (κ1) is 18.4. The zero-order valence-electron chi connectivity index (χ0n) is 16.2. The predicted octanol–water partition coefficient (Wildman–Crippen LogP) is 7.73. The van der Waals surface area contributed by atoms with Crippen LogP contribution in [0.25, 0.3) is 45.0 Å². The predicted molar refractivity (Wildman–Crippen MR) is 125 cm³/mol. The zero-order valence-corrected chi connectivity index (χ0v) is 17.0. The van der Waals surface area contributed by atoms with Crippen LogP contribution in [0.15, 0.2) is 109 Å². The summed E-state index contributed by atoms with van der Waals surface area (Å²) in [6.07, 6.45) is 0. The Hall–Kier alpha value is -3.62. The molecule has 0 saturated carbocycles. The molecule has 4 aromatic carbocycles. The lowest BCUT2D eigenvalue weighted by atomic mass is 9.95. The van der Waals surface area contributed by atoms with E-state index >= 15 is 0 Å². The zero-order chi connectivity index (χ0) is 20.3. The molecule has 0 atom stereocenters. The topological polar surface area (TPSA) is 28.7 Å². The number of hydrogen-bond acceptors (Lipinski definition) is 1. The Bertz CT molecular complexity index is 1290. The van der Waals surface area contributed by atoms with Crippen LogP contribution in [-0.4, -0.2) is 9.97 Å². The third-order valence-electron chi connectivity index (χ3n) is 5.16. The van der Waals surface area contributed by atoms with Crippen molar-refractivity contribution in [1.29, 1.82) is 0 Å². The summed E-state index contributed by atoms with van der Waals surface area (Å²) < 4.78 is 0. The Morgan fingerprint density at radius 3 is 1.73 bits per heavy atom. The molecule has 3 heteroatoms. The number of benzene rings is 4. The number of hydrogen-bond donors (Lipinski definition) is 1. The Morgan fingerprint density at radius 1 is 0.533 bits per heavy atom. The monoisotopic (exact) mass is 406 g/mol. The SMILES string of the molecule is Clc1ccccc1-c1ccccc1-c1[nH]c(-c2ccccc2)nc1-c1ccccc1. The first-order chi connectivity index (χ1) is 14.8. The molecular formula is C27H19ClN2. The van der Waals surface area contributed by atoms with Crippen molar-refractivity contribution in [2.75, 3.05) is 0 Å². The highest BCUT2D eigenvalue weighted by atomic mass is 35.5. The van der Waals surface area contributed by atoms with Gasteiger partial charge in [0, 0.05) is 27.3 Å². The van der Waals surface area contributed by atoms with Crippen LogP contribution in [0.1, 0.15) is 0 Å². The maximum absolute atomic E-state index is 6.55. The van der Waals surface area contributed by atoms with Gasteiger partial charge in [0.15, 0.2) is 0 Å². The van der Waals surface area contributed by atoms with Crippen molar-refractivity contribution < 1.29 is 0 Å². The second-order valence-electron chi connectivity index (χ2n) is 7.07. The molecular weight excluding hydrogens is 388 g/mol. The molecule has 30 heavy (non-hydrogen) atoms. The van der Waals surface area contributed by atoms with E-state index in [1.807, 2.05) is 66.7 Å². The van der Waals surface area contributed by atoms with E-state index in [-0.39, 0.29) is 0 Å². The van der Waals surface area contributed by atoms with Crippen molar-refractivity contribution in [3.05, 3.63) is 114 Å². The lowest BCUT2D eigenvalue weighted by Crippen LogP contribution is -1.89. The molecule has 0 aliphatic carbocycles. The van der Waals surface area contributed by atoms with Gasteiger partial charge in [-0.1, -0.05) is 115 Å². The van der Waals surface area contributed by atoms with Gasteiger partial charge in [0.25, 0.3) is 0 Å². The van der Waals surface area contributed by atoms with E-state index in [9.17, 15) is 0 Å². The van der Waals surface area contributed by atoms with Crippen LogP contribution >= 0.6 is 11.6 Å². The first-order valence-electron chi connectivity index (χ1n) is 9.86. The summed E-state index contributed by atoms with van der Waals surface area (Å²) in [4.78, 5) is 8.58. The van der Waals surface area contributed by atoms with E-state index in [1.54, 1.807) is 0 Å². The molecule has 2 nitrogen and oxygen atoms in total. The minimum Gasteiger partial charge on any atom is -0.337 e. The van der Waals surface area contributed by atoms with Crippen LogP contribution in [0.4, 0.5) is 0 Å². The normalized spacial score (nSPS) is 10.8. The molecule has 0 unspecified atom stereocenters. The number of halogens is 1. The van der Waals surface area contributed by atoms with Gasteiger partial charge < -0.3 is 4.98 Å². The van der Waals surface area contributed by atoms with Gasteiger partial charge >= 0.3 is 0 Å². The van der Waals surface area contributed by atoms with Crippen LogP contribution in [0, 0.1) is 0 Å². The van der Waals surface area contributed by atoms with Gasteiger partial charge in [-0.05, 0) is 11.6 Å². The van der Waals surface area contributed by atoms with Crippen molar-refractivity contribution in [1.82, 2.24) is 9.97 Å². The summed E-state index contributed by atoms with van der Waals surface area (Å²) in [7, 11) is 0. The second-order valence-corrected chi connectivity index (χ2v) is 7.47. The molecule has 144 valence electrons. The number of nitrogens with zero attached hydrogens (tertiary/aromatic N) is 1. The van der Waals surface area contributed by atoms with Gasteiger partial charge in [-0.15, -0.1) is 0 Å². The standard InChI is InChI=1S/C27H19ClN2/c28-24-18-10-9-16-22(24)21-15-7-8-17-23(21)26-25(19-11-3-1-4-12-19)29-27(30-26)20-13-5-2-6-14-20/h1-18H,(H,29,30). The molecule has 0 fully saturated rings. The third kappa shape index (κ3) is 3.42. The molecule has 0 aliphatic rings. The van der Waals surface area contributed by atoms with Crippen molar-refractivity contribution in [3.63, 3.8) is 0 Å². The highest BCUT2D eigenvalue weighted by Gasteiger charge is 2.18. The summed E-state index contributed by atoms with van der Waals surface area (Å²) in [5.74, 6) is 0.846. The van der Waals surface area contributed by atoms with E-state index in [0.717, 1.165) is 50.1 Å². The third-order valence-corrected chi connectivity index (χ3v) is 5.49. The van der Waals surface area contributed by atoms with Gasteiger partial charge in [-0.25, -0.2) is 4.98 Å². The molecule has 0 radical (unpaired) electrons. The fourth-order valence-corrected chi connectivity index (χ4v) is 3.96. The quantitative estimate of drug-likeness (QED) is 0.325. The van der Waals surface area contributed by atoms with E-state index in [0.29, 0.717) is 0 Å². The maximum atomic E-state index is 6.55. The molecule has 0 saturated heterocycles. The molecule has 0 amide bonds. The summed E-state index contributed by atoms with van der Waals surface area (Å²) in [5, 5.41) is 0.731. The number of H-pyrrole nitrogens is 1. The average Bonchev–Trinajstić information content (AvgIpc) is 3.26. The maximum Gasteiger partial charge on any atom is 0.138 e. The minimum absolute atomic E-state index is 0.731. The number of imidazole rings is 1. The lowest BCUT2D eigenvalue weighted by molar-refractivity contribution is 1.31. The smallest absolute Gasteiger partial charge is 0.138 e. The molecule has 0 spiro atoms. The van der Waals surface area contributed by atoms with Gasteiger partial charge in [0.05, 0.1) is 11.4 Å². The van der Waals surface area contributed by atoms with Crippen molar-refractivity contribution in [3.8, 4) is 45.0 Å². The Labute approximate surface area is 180 Å². The number of rotatable bonds is 4. The lowest BCUT2D eigenvalue weighted by Gasteiger charge is -2.11. The van der Waals surface area contributed by atoms with Crippen LogP contribution in [0.5, 0.6) is 0 Å². The molecule has 1 N–H and O–H groups in total. The number of aromatic nitrogens is 2. The fraction of sp³-hybridized carbons (Fsp3) is 0. The fourth-order valence-electron chi connectivity index (χ4n) is 3.72. The second kappa shape index (κ2) is 8.02. The molecule has 1 heterocycles. The molecule has 5 aromatic rings. The Morgan fingerprint density at radius 2 is 1.07 bits per heavy atom. The Kier molecular flexibility index (Phi) is 4.92. The minimum atomic E-state index is 0.731. The van der Waals surface area contributed by atoms with Crippen LogP contribution in [0.2, 0.25) is 5.02 Å².